The summed E-state index contributed by atoms with van der Waals surface area (Å²) >= 11 is 1.12. The van der Waals surface area contributed by atoms with Gasteiger partial charge in [-0.05, 0) is 49.3 Å². The largest absolute Gasteiger partial charge is 0.348 e. The van der Waals surface area contributed by atoms with E-state index in [4.69, 9.17) is 0 Å². The van der Waals surface area contributed by atoms with Crippen LogP contribution in [0.1, 0.15) is 52.1 Å². The summed E-state index contributed by atoms with van der Waals surface area (Å²) in [4.78, 5) is 27.3. The monoisotopic (exact) mass is 479 g/mol. The van der Waals surface area contributed by atoms with E-state index in [1.165, 1.54) is 28.6 Å². The third kappa shape index (κ3) is 4.72. The number of carbonyl (C=O) groups is 2. The van der Waals surface area contributed by atoms with E-state index < -0.39 is 21.7 Å². The zero-order valence-electron chi connectivity index (χ0n) is 17.6. The van der Waals surface area contributed by atoms with Crippen molar-refractivity contribution in [3.8, 4) is 0 Å². The molecule has 4 rings (SSSR count). The molecule has 7 nitrogen and oxygen atoms in total. The van der Waals surface area contributed by atoms with Gasteiger partial charge in [0.15, 0.2) is 0 Å². The van der Waals surface area contributed by atoms with Crippen LogP contribution in [0.15, 0.2) is 40.6 Å². The highest BCUT2D eigenvalue weighted by molar-refractivity contribution is 7.89. The van der Waals surface area contributed by atoms with Gasteiger partial charge in [0.2, 0.25) is 10.0 Å². The quantitative estimate of drug-likeness (QED) is 0.714. The maximum absolute atomic E-state index is 13.9. The summed E-state index contributed by atoms with van der Waals surface area (Å²) in [6, 6.07) is 7.21. The first kappa shape index (κ1) is 22.9. The van der Waals surface area contributed by atoms with Crippen LogP contribution in [0.4, 0.5) is 4.39 Å². The maximum atomic E-state index is 13.9. The third-order valence-electron chi connectivity index (χ3n) is 5.99. The Morgan fingerprint density at radius 3 is 2.38 bits per heavy atom. The second-order valence-corrected chi connectivity index (χ2v) is 10.9. The Labute approximate surface area is 191 Å². The fraction of sp³-hybridized carbons (Fsp3) is 0.455. The van der Waals surface area contributed by atoms with Crippen LogP contribution in [-0.4, -0.2) is 61.7 Å². The molecule has 1 aromatic heterocycles. The molecule has 3 heterocycles. The second-order valence-electron chi connectivity index (χ2n) is 8.10. The van der Waals surface area contributed by atoms with Crippen molar-refractivity contribution in [2.45, 2.75) is 43.0 Å². The molecule has 0 aliphatic carbocycles. The lowest BCUT2D eigenvalue weighted by Gasteiger charge is -2.32. The number of hydrogen-bond donors (Lipinski definition) is 1. The Balaban J connectivity index is 1.38. The number of sulfonamides is 1. The summed E-state index contributed by atoms with van der Waals surface area (Å²) in [6.45, 7) is 1.74. The average molecular weight is 480 g/mol. The number of nitrogens with zero attached hydrogens (tertiary/aromatic N) is 2. The van der Waals surface area contributed by atoms with Gasteiger partial charge < -0.3 is 10.2 Å². The molecule has 10 heteroatoms. The van der Waals surface area contributed by atoms with Crippen LogP contribution in [0.3, 0.4) is 0 Å². The average Bonchev–Trinajstić information content (AvgIpc) is 3.31. The van der Waals surface area contributed by atoms with E-state index in [2.05, 4.69) is 5.32 Å². The number of nitrogens with one attached hydrogen (secondary N) is 1. The number of likely N-dealkylation sites (tertiary alicyclic amines) is 1. The van der Waals surface area contributed by atoms with Gasteiger partial charge in [-0.1, -0.05) is 18.6 Å². The Morgan fingerprint density at radius 1 is 1.00 bits per heavy atom. The number of rotatable bonds is 5. The normalized spacial score (nSPS) is 18.5. The van der Waals surface area contributed by atoms with E-state index in [0.29, 0.717) is 39.0 Å². The number of benzene rings is 1. The number of hydrogen-bond acceptors (Lipinski definition) is 5. The van der Waals surface area contributed by atoms with Crippen molar-refractivity contribution in [1.82, 2.24) is 14.5 Å². The van der Waals surface area contributed by atoms with Crippen LogP contribution in [0.25, 0.3) is 0 Å². The summed E-state index contributed by atoms with van der Waals surface area (Å²) in [5.41, 5.74) is 0.0427. The van der Waals surface area contributed by atoms with E-state index in [1.54, 1.807) is 16.3 Å². The Morgan fingerprint density at radius 2 is 1.69 bits per heavy atom. The molecule has 0 radical (unpaired) electrons. The van der Waals surface area contributed by atoms with Crippen molar-refractivity contribution >= 4 is 33.2 Å². The van der Waals surface area contributed by atoms with Gasteiger partial charge >= 0.3 is 0 Å². The zero-order chi connectivity index (χ0) is 22.7. The van der Waals surface area contributed by atoms with Crippen molar-refractivity contribution in [2.24, 2.45) is 0 Å². The summed E-state index contributed by atoms with van der Waals surface area (Å²) < 4.78 is 41.4. The SMILES string of the molecule is O=C(NC1CCN(C(=O)c2ccccc2F)CC1)c1sccc1S(=O)(=O)N1CCCCC1. The van der Waals surface area contributed by atoms with Gasteiger partial charge in [0.05, 0.1) is 5.56 Å². The number of amides is 2. The molecule has 0 bridgehead atoms. The van der Waals surface area contributed by atoms with Crippen LogP contribution in [0.5, 0.6) is 0 Å². The minimum Gasteiger partial charge on any atom is -0.348 e. The highest BCUT2D eigenvalue weighted by atomic mass is 32.2. The predicted molar refractivity (Wildman–Crippen MR) is 120 cm³/mol. The van der Waals surface area contributed by atoms with E-state index >= 15 is 0 Å². The second kappa shape index (κ2) is 9.68. The van der Waals surface area contributed by atoms with Gasteiger partial charge in [-0.2, -0.15) is 4.31 Å². The molecule has 2 aromatic rings. The summed E-state index contributed by atoms with van der Waals surface area (Å²) in [6.07, 6.45) is 3.71. The highest BCUT2D eigenvalue weighted by Crippen LogP contribution is 2.28. The van der Waals surface area contributed by atoms with Gasteiger partial charge in [-0.3, -0.25) is 9.59 Å². The molecule has 0 saturated carbocycles. The molecule has 1 N–H and O–H groups in total. The molecule has 32 heavy (non-hydrogen) atoms. The topological polar surface area (TPSA) is 86.8 Å². The molecule has 2 amide bonds. The first-order chi connectivity index (χ1) is 15.4. The molecule has 1 aromatic carbocycles. The van der Waals surface area contributed by atoms with Gasteiger partial charge in [0, 0.05) is 32.2 Å². The number of halogens is 1. The van der Waals surface area contributed by atoms with Crippen molar-refractivity contribution in [1.29, 1.82) is 0 Å². The zero-order valence-corrected chi connectivity index (χ0v) is 19.3. The maximum Gasteiger partial charge on any atom is 0.262 e. The Kier molecular flexibility index (Phi) is 6.92. The molecular formula is C22H26FN3O4S2. The number of thiophene rings is 1. The molecule has 2 aliphatic rings. The molecule has 0 unspecified atom stereocenters. The van der Waals surface area contributed by atoms with E-state index in [0.717, 1.165) is 30.6 Å². The lowest BCUT2D eigenvalue weighted by molar-refractivity contribution is 0.0693. The number of carbonyl (C=O) groups excluding carboxylic acids is 2. The lowest BCUT2D eigenvalue weighted by Crippen LogP contribution is -2.46. The first-order valence-electron chi connectivity index (χ1n) is 10.8. The molecule has 2 fully saturated rings. The van der Waals surface area contributed by atoms with E-state index in [9.17, 15) is 22.4 Å². The van der Waals surface area contributed by atoms with Crippen molar-refractivity contribution in [2.75, 3.05) is 26.2 Å². The molecule has 2 saturated heterocycles. The first-order valence-corrected chi connectivity index (χ1v) is 13.1. The van der Waals surface area contributed by atoms with Gasteiger partial charge in [0.1, 0.15) is 15.6 Å². The molecular weight excluding hydrogens is 453 g/mol. The minimum absolute atomic E-state index is 0.0427. The third-order valence-corrected chi connectivity index (χ3v) is 8.97. The van der Waals surface area contributed by atoms with Gasteiger partial charge in [-0.25, -0.2) is 12.8 Å². The van der Waals surface area contributed by atoms with Crippen LogP contribution in [0, 0.1) is 5.82 Å². The van der Waals surface area contributed by atoms with E-state index in [1.807, 2.05) is 0 Å². The summed E-state index contributed by atoms with van der Waals surface area (Å²) in [7, 11) is -3.70. The van der Waals surface area contributed by atoms with Gasteiger partial charge in [-0.15, -0.1) is 11.3 Å². The standard InChI is InChI=1S/C22H26FN3O4S2/c23-18-7-3-2-6-17(18)22(28)25-13-8-16(9-14-25)24-21(27)20-19(10-15-31-20)32(29,30)26-11-4-1-5-12-26/h2-3,6-7,10,15-16H,1,4-5,8-9,11-14H2,(H,24,27). The molecule has 0 atom stereocenters. The molecule has 172 valence electrons. The Hall–Kier alpha value is -2.30. The van der Waals surface area contributed by atoms with Gasteiger partial charge in [0.25, 0.3) is 11.8 Å². The van der Waals surface area contributed by atoms with Crippen LogP contribution < -0.4 is 5.32 Å². The fourth-order valence-electron chi connectivity index (χ4n) is 4.19. The lowest BCUT2D eigenvalue weighted by atomic mass is 10.0. The van der Waals surface area contributed by atoms with Crippen LogP contribution >= 0.6 is 11.3 Å². The van der Waals surface area contributed by atoms with Crippen molar-refractivity contribution < 1.29 is 22.4 Å². The summed E-state index contributed by atoms with van der Waals surface area (Å²) in [5.74, 6) is -1.32. The van der Waals surface area contributed by atoms with Crippen LogP contribution in [0.2, 0.25) is 0 Å². The Bertz CT molecular complexity index is 1090. The summed E-state index contributed by atoms with van der Waals surface area (Å²) in [5, 5.41) is 4.55. The number of piperidine rings is 2. The van der Waals surface area contributed by atoms with Crippen molar-refractivity contribution in [3.05, 3.63) is 52.0 Å². The van der Waals surface area contributed by atoms with Crippen LogP contribution in [-0.2, 0) is 10.0 Å². The molecule has 0 spiro atoms. The smallest absolute Gasteiger partial charge is 0.262 e. The minimum atomic E-state index is -3.70. The van der Waals surface area contributed by atoms with Crippen molar-refractivity contribution in [3.63, 3.8) is 0 Å². The predicted octanol–water partition coefficient (Wildman–Crippen LogP) is 3.10. The van der Waals surface area contributed by atoms with E-state index in [-0.39, 0.29) is 27.3 Å². The fourth-order valence-corrected chi connectivity index (χ4v) is 7.01. The highest BCUT2D eigenvalue weighted by Gasteiger charge is 2.32. The molecule has 2 aliphatic heterocycles.